The highest BCUT2D eigenvalue weighted by molar-refractivity contribution is 9.08. The fraction of sp³-hybridized carbons (Fsp3) is 0.250. The first-order chi connectivity index (χ1) is 10.1. The highest BCUT2D eigenvalue weighted by Crippen LogP contribution is 2.32. The predicted molar refractivity (Wildman–Crippen MR) is 89.6 cm³/mol. The van der Waals surface area contributed by atoms with Crippen molar-refractivity contribution in [2.75, 3.05) is 11.4 Å². The minimum absolute atomic E-state index is 0.119. The van der Waals surface area contributed by atoms with Crippen LogP contribution in [0.4, 0.5) is 17.1 Å². The van der Waals surface area contributed by atoms with E-state index in [0.29, 0.717) is 5.33 Å². The van der Waals surface area contributed by atoms with E-state index >= 15 is 0 Å². The average molecular weight is 349 g/mol. The molecule has 21 heavy (non-hydrogen) atoms. The van der Waals surface area contributed by atoms with E-state index in [2.05, 4.69) is 52.9 Å². The maximum atomic E-state index is 10.9. The van der Waals surface area contributed by atoms with Crippen LogP contribution in [0.2, 0.25) is 0 Å². The van der Waals surface area contributed by atoms with Crippen molar-refractivity contribution >= 4 is 33.0 Å². The van der Waals surface area contributed by atoms with E-state index in [-0.39, 0.29) is 10.6 Å². The zero-order valence-corrected chi connectivity index (χ0v) is 13.6. The fourth-order valence-corrected chi connectivity index (χ4v) is 2.79. The third-order valence-electron chi connectivity index (χ3n) is 3.34. The molecule has 2 rings (SSSR count). The highest BCUT2D eigenvalue weighted by atomic mass is 79.9. The smallest absolute Gasteiger partial charge is 0.269 e. The summed E-state index contributed by atoms with van der Waals surface area (Å²) in [5, 5.41) is 11.5. The molecule has 0 saturated carbocycles. The predicted octanol–water partition coefficient (Wildman–Crippen LogP) is 4.96. The van der Waals surface area contributed by atoms with Gasteiger partial charge in [-0.15, -0.1) is 0 Å². The van der Waals surface area contributed by atoms with Gasteiger partial charge in [-0.05, 0) is 43.2 Å². The zero-order valence-electron chi connectivity index (χ0n) is 12.0. The molecule has 0 aliphatic carbocycles. The number of benzene rings is 2. The van der Waals surface area contributed by atoms with Gasteiger partial charge in [0, 0.05) is 35.4 Å². The van der Waals surface area contributed by atoms with Crippen molar-refractivity contribution in [2.24, 2.45) is 0 Å². The summed E-state index contributed by atoms with van der Waals surface area (Å²) in [6, 6.07) is 13.2. The Labute approximate surface area is 132 Å². The molecule has 0 bridgehead atoms. The SMILES string of the molecule is CCN(c1cccc(C)c1)c1ccc([N+](=O)[O-])cc1CBr. The van der Waals surface area contributed by atoms with Crippen LogP contribution in [-0.2, 0) is 5.33 Å². The number of anilines is 2. The number of non-ortho nitro benzene ring substituents is 1. The van der Waals surface area contributed by atoms with E-state index in [1.54, 1.807) is 12.1 Å². The van der Waals surface area contributed by atoms with Crippen LogP contribution < -0.4 is 4.90 Å². The number of rotatable bonds is 5. The molecule has 5 heteroatoms. The van der Waals surface area contributed by atoms with E-state index in [4.69, 9.17) is 0 Å². The molecule has 0 amide bonds. The molecular formula is C16H17BrN2O2. The number of nitrogens with zero attached hydrogens (tertiary/aromatic N) is 2. The van der Waals surface area contributed by atoms with Crippen molar-refractivity contribution in [3.8, 4) is 0 Å². The third-order valence-corrected chi connectivity index (χ3v) is 3.94. The molecule has 0 spiro atoms. The summed E-state index contributed by atoms with van der Waals surface area (Å²) in [4.78, 5) is 12.7. The van der Waals surface area contributed by atoms with E-state index in [0.717, 1.165) is 23.5 Å². The van der Waals surface area contributed by atoms with Crippen LogP contribution in [0.15, 0.2) is 42.5 Å². The molecular weight excluding hydrogens is 332 g/mol. The van der Waals surface area contributed by atoms with E-state index in [9.17, 15) is 10.1 Å². The maximum Gasteiger partial charge on any atom is 0.269 e. The lowest BCUT2D eigenvalue weighted by Crippen LogP contribution is -2.17. The minimum Gasteiger partial charge on any atom is -0.342 e. The monoisotopic (exact) mass is 348 g/mol. The van der Waals surface area contributed by atoms with Crippen molar-refractivity contribution < 1.29 is 4.92 Å². The van der Waals surface area contributed by atoms with Gasteiger partial charge in [0.25, 0.3) is 5.69 Å². The van der Waals surface area contributed by atoms with Crippen molar-refractivity contribution in [1.82, 2.24) is 0 Å². The van der Waals surface area contributed by atoms with Gasteiger partial charge in [-0.1, -0.05) is 28.1 Å². The molecule has 0 aromatic heterocycles. The Hall–Kier alpha value is -1.88. The zero-order chi connectivity index (χ0) is 15.4. The lowest BCUT2D eigenvalue weighted by molar-refractivity contribution is -0.384. The topological polar surface area (TPSA) is 46.4 Å². The lowest BCUT2D eigenvalue weighted by atomic mass is 10.1. The molecule has 110 valence electrons. The van der Waals surface area contributed by atoms with E-state index < -0.39 is 0 Å². The first-order valence-electron chi connectivity index (χ1n) is 6.74. The standard InChI is InChI=1S/C16H17BrN2O2/c1-3-18(14-6-4-5-12(2)9-14)16-8-7-15(19(20)21)10-13(16)11-17/h4-10H,3,11H2,1-2H3. The molecule has 2 aromatic rings. The van der Waals surface area contributed by atoms with Gasteiger partial charge in [-0.25, -0.2) is 0 Å². The Kier molecular flexibility index (Phi) is 4.96. The van der Waals surface area contributed by atoms with Gasteiger partial charge < -0.3 is 4.90 Å². The van der Waals surface area contributed by atoms with Crippen LogP contribution in [0.1, 0.15) is 18.1 Å². The number of alkyl halides is 1. The molecule has 0 atom stereocenters. The molecule has 2 aromatic carbocycles. The number of hydrogen-bond donors (Lipinski definition) is 0. The van der Waals surface area contributed by atoms with Crippen LogP contribution in [0, 0.1) is 17.0 Å². The van der Waals surface area contributed by atoms with Crippen LogP contribution in [0.3, 0.4) is 0 Å². The molecule has 0 saturated heterocycles. The second-order valence-corrected chi connectivity index (χ2v) is 5.35. The first-order valence-corrected chi connectivity index (χ1v) is 7.86. The van der Waals surface area contributed by atoms with Gasteiger partial charge in [-0.2, -0.15) is 0 Å². The Morgan fingerprint density at radius 2 is 2.00 bits per heavy atom. The summed E-state index contributed by atoms with van der Waals surface area (Å²) in [5.74, 6) is 0. The largest absolute Gasteiger partial charge is 0.342 e. The molecule has 0 heterocycles. The van der Waals surface area contributed by atoms with Gasteiger partial charge in [0.05, 0.1) is 4.92 Å². The van der Waals surface area contributed by atoms with Crippen LogP contribution >= 0.6 is 15.9 Å². The molecule has 0 aliphatic rings. The summed E-state index contributed by atoms with van der Waals surface area (Å²) in [6.07, 6.45) is 0. The minimum atomic E-state index is -0.362. The number of hydrogen-bond acceptors (Lipinski definition) is 3. The van der Waals surface area contributed by atoms with Crippen molar-refractivity contribution in [1.29, 1.82) is 0 Å². The Bertz CT molecular complexity index is 658. The normalized spacial score (nSPS) is 10.4. The Balaban J connectivity index is 2.49. The van der Waals surface area contributed by atoms with Crippen molar-refractivity contribution in [2.45, 2.75) is 19.2 Å². The summed E-state index contributed by atoms with van der Waals surface area (Å²) < 4.78 is 0. The summed E-state index contributed by atoms with van der Waals surface area (Å²) in [5.41, 5.74) is 4.30. The second kappa shape index (κ2) is 6.72. The molecule has 0 fully saturated rings. The molecule has 0 N–H and O–H groups in total. The van der Waals surface area contributed by atoms with Gasteiger partial charge in [-0.3, -0.25) is 10.1 Å². The lowest BCUT2D eigenvalue weighted by Gasteiger charge is -2.25. The highest BCUT2D eigenvalue weighted by Gasteiger charge is 2.15. The maximum absolute atomic E-state index is 10.9. The van der Waals surface area contributed by atoms with Crippen LogP contribution in [0.25, 0.3) is 0 Å². The van der Waals surface area contributed by atoms with Crippen LogP contribution in [-0.4, -0.2) is 11.5 Å². The summed E-state index contributed by atoms with van der Waals surface area (Å²) in [6.45, 7) is 4.92. The molecule has 0 radical (unpaired) electrons. The quantitative estimate of drug-likeness (QED) is 0.436. The van der Waals surface area contributed by atoms with E-state index in [1.165, 1.54) is 5.56 Å². The van der Waals surface area contributed by atoms with Crippen LogP contribution in [0.5, 0.6) is 0 Å². The fourth-order valence-electron chi connectivity index (χ4n) is 2.34. The molecule has 0 aliphatic heterocycles. The molecule has 4 nitrogen and oxygen atoms in total. The number of halogens is 1. The summed E-state index contributed by atoms with van der Waals surface area (Å²) in [7, 11) is 0. The van der Waals surface area contributed by atoms with Crippen molar-refractivity contribution in [3.63, 3.8) is 0 Å². The van der Waals surface area contributed by atoms with Gasteiger partial charge >= 0.3 is 0 Å². The van der Waals surface area contributed by atoms with Gasteiger partial charge in [0.15, 0.2) is 0 Å². The van der Waals surface area contributed by atoms with Crippen molar-refractivity contribution in [3.05, 3.63) is 63.7 Å². The average Bonchev–Trinajstić information content (AvgIpc) is 2.48. The second-order valence-electron chi connectivity index (χ2n) is 4.79. The number of nitro benzene ring substituents is 1. The van der Waals surface area contributed by atoms with Gasteiger partial charge in [0.2, 0.25) is 0 Å². The summed E-state index contributed by atoms with van der Waals surface area (Å²) >= 11 is 3.43. The molecule has 0 unspecified atom stereocenters. The number of nitro groups is 1. The Morgan fingerprint density at radius 3 is 2.57 bits per heavy atom. The van der Waals surface area contributed by atoms with Gasteiger partial charge in [0.1, 0.15) is 0 Å². The van der Waals surface area contributed by atoms with E-state index in [1.807, 2.05) is 12.1 Å². The Morgan fingerprint density at radius 1 is 1.24 bits per heavy atom. The number of aryl methyl sites for hydroxylation is 1. The third kappa shape index (κ3) is 3.42. The first kappa shape index (κ1) is 15.5.